The lowest BCUT2D eigenvalue weighted by Gasteiger charge is -2.13. The molecule has 32 heavy (non-hydrogen) atoms. The second kappa shape index (κ2) is 10.6. The molecule has 0 saturated heterocycles. The van der Waals surface area contributed by atoms with E-state index in [1.807, 2.05) is 32.9 Å². The predicted octanol–water partition coefficient (Wildman–Crippen LogP) is 2.65. The highest BCUT2D eigenvalue weighted by Crippen LogP contribution is 2.22. The van der Waals surface area contributed by atoms with Crippen LogP contribution in [0.5, 0.6) is 0 Å². The summed E-state index contributed by atoms with van der Waals surface area (Å²) in [4.78, 5) is 51.4. The molecule has 2 rings (SSSR count). The summed E-state index contributed by atoms with van der Waals surface area (Å²) in [5, 5.41) is 5.19. The molecule has 9 nitrogen and oxygen atoms in total. The van der Waals surface area contributed by atoms with Crippen molar-refractivity contribution >= 4 is 29.4 Å². The van der Waals surface area contributed by atoms with Crippen LogP contribution in [0.3, 0.4) is 0 Å². The van der Waals surface area contributed by atoms with Gasteiger partial charge in [0.05, 0.1) is 18.7 Å². The molecule has 1 aromatic heterocycles. The minimum absolute atomic E-state index is 0.0708. The normalized spacial score (nSPS) is 10.4. The van der Waals surface area contributed by atoms with Gasteiger partial charge in [0.15, 0.2) is 6.61 Å². The minimum atomic E-state index is -0.786. The van der Waals surface area contributed by atoms with Gasteiger partial charge in [-0.1, -0.05) is 17.7 Å². The second-order valence-corrected chi connectivity index (χ2v) is 7.52. The number of hydrogen-bond acceptors (Lipinski definition) is 6. The summed E-state index contributed by atoms with van der Waals surface area (Å²) in [6.45, 7) is 10.0. The topological polar surface area (TPSA) is 127 Å². The van der Waals surface area contributed by atoms with E-state index in [-0.39, 0.29) is 24.4 Å². The van der Waals surface area contributed by atoms with Crippen LogP contribution in [0.4, 0.5) is 5.69 Å². The fourth-order valence-corrected chi connectivity index (χ4v) is 3.46. The van der Waals surface area contributed by atoms with Crippen LogP contribution in [0.1, 0.15) is 55.7 Å². The molecular weight excluding hydrogens is 414 g/mol. The maximum atomic E-state index is 12.3. The number of esters is 2. The smallest absolute Gasteiger partial charge is 0.355 e. The van der Waals surface area contributed by atoms with Crippen molar-refractivity contribution in [3.05, 3.63) is 51.3 Å². The molecule has 2 amide bonds. The van der Waals surface area contributed by atoms with Crippen LogP contribution in [0.2, 0.25) is 0 Å². The molecule has 0 aliphatic rings. The Bertz CT molecular complexity index is 1030. The number of carbonyl (C=O) groups is 4. The molecule has 0 saturated carbocycles. The first-order valence-corrected chi connectivity index (χ1v) is 10.2. The monoisotopic (exact) mass is 443 g/mol. The van der Waals surface area contributed by atoms with Gasteiger partial charge in [-0.2, -0.15) is 0 Å². The number of aromatic nitrogens is 1. The van der Waals surface area contributed by atoms with Gasteiger partial charge in [-0.05, 0) is 58.2 Å². The van der Waals surface area contributed by atoms with Gasteiger partial charge in [0, 0.05) is 11.4 Å². The maximum Gasteiger partial charge on any atom is 0.355 e. The molecule has 0 bridgehead atoms. The van der Waals surface area contributed by atoms with Gasteiger partial charge in [0.1, 0.15) is 5.69 Å². The van der Waals surface area contributed by atoms with Crippen molar-refractivity contribution < 1.29 is 28.7 Å². The number of hydrogen-bond donors (Lipinski definition) is 3. The number of amides is 2. The molecule has 172 valence electrons. The molecular formula is C23H29N3O6. The summed E-state index contributed by atoms with van der Waals surface area (Å²) in [5.41, 5.74) is 4.84. The van der Waals surface area contributed by atoms with Gasteiger partial charge >= 0.3 is 11.9 Å². The van der Waals surface area contributed by atoms with Crippen molar-refractivity contribution in [1.82, 2.24) is 10.3 Å². The molecule has 1 aromatic carbocycles. The number of aromatic amines is 1. The van der Waals surface area contributed by atoms with Gasteiger partial charge < -0.3 is 25.1 Å². The summed E-state index contributed by atoms with van der Waals surface area (Å²) in [7, 11) is 0. The Balaban J connectivity index is 1.88. The largest absolute Gasteiger partial charge is 0.462 e. The van der Waals surface area contributed by atoms with Crippen molar-refractivity contribution in [1.29, 1.82) is 0 Å². The van der Waals surface area contributed by atoms with Crippen molar-refractivity contribution in [2.75, 3.05) is 25.1 Å². The highest BCUT2D eigenvalue weighted by atomic mass is 16.5. The van der Waals surface area contributed by atoms with E-state index in [2.05, 4.69) is 15.6 Å². The van der Waals surface area contributed by atoms with Gasteiger partial charge in [-0.3, -0.25) is 9.59 Å². The Morgan fingerprint density at radius 2 is 1.53 bits per heavy atom. The fraction of sp³-hybridized carbons (Fsp3) is 0.391. The average molecular weight is 444 g/mol. The number of H-pyrrole nitrogens is 1. The standard InChI is InChI=1S/C23H29N3O6/c1-7-31-22(29)19-15(5)21(25-16(19)6)23(30)32-11-18(28)24-10-17(27)26-20-13(3)8-12(2)9-14(20)4/h8-9,25H,7,10-11H2,1-6H3,(H,24,28)(H,26,27). The summed E-state index contributed by atoms with van der Waals surface area (Å²) in [6, 6.07) is 3.91. The molecule has 0 fully saturated rings. The van der Waals surface area contributed by atoms with Crippen LogP contribution in [-0.4, -0.2) is 48.5 Å². The van der Waals surface area contributed by atoms with E-state index < -0.39 is 30.4 Å². The highest BCUT2D eigenvalue weighted by molar-refractivity contribution is 5.99. The Hall–Kier alpha value is -3.62. The van der Waals surface area contributed by atoms with Gasteiger partial charge in [-0.15, -0.1) is 0 Å². The molecule has 1 heterocycles. The Labute approximate surface area is 186 Å². The summed E-state index contributed by atoms with van der Waals surface area (Å²) in [5.74, 6) is -2.35. The first-order valence-electron chi connectivity index (χ1n) is 10.2. The lowest BCUT2D eigenvalue weighted by atomic mass is 10.1. The second-order valence-electron chi connectivity index (χ2n) is 7.52. The van der Waals surface area contributed by atoms with Gasteiger partial charge in [0.25, 0.3) is 5.91 Å². The van der Waals surface area contributed by atoms with Crippen LogP contribution in [-0.2, 0) is 19.1 Å². The predicted molar refractivity (Wildman–Crippen MR) is 119 cm³/mol. The molecule has 2 aromatic rings. The minimum Gasteiger partial charge on any atom is -0.462 e. The van der Waals surface area contributed by atoms with Crippen molar-refractivity contribution in [3.63, 3.8) is 0 Å². The van der Waals surface area contributed by atoms with E-state index in [4.69, 9.17) is 9.47 Å². The third-order valence-electron chi connectivity index (χ3n) is 4.84. The number of nitrogens with one attached hydrogen (secondary N) is 3. The van der Waals surface area contributed by atoms with Crippen LogP contribution in [0.15, 0.2) is 12.1 Å². The summed E-state index contributed by atoms with van der Waals surface area (Å²) < 4.78 is 10.00. The number of aryl methyl sites for hydroxylation is 4. The van der Waals surface area contributed by atoms with E-state index in [1.54, 1.807) is 20.8 Å². The molecule has 3 N–H and O–H groups in total. The van der Waals surface area contributed by atoms with E-state index in [0.29, 0.717) is 16.9 Å². The van der Waals surface area contributed by atoms with Gasteiger partial charge in [0.2, 0.25) is 5.91 Å². The fourth-order valence-electron chi connectivity index (χ4n) is 3.46. The van der Waals surface area contributed by atoms with E-state index in [9.17, 15) is 19.2 Å². The number of ether oxygens (including phenoxy) is 2. The van der Waals surface area contributed by atoms with Crippen LogP contribution in [0, 0.1) is 34.6 Å². The zero-order valence-corrected chi connectivity index (χ0v) is 19.2. The number of rotatable bonds is 8. The molecule has 0 spiro atoms. The number of benzene rings is 1. The Morgan fingerprint density at radius 1 is 0.906 bits per heavy atom. The zero-order valence-electron chi connectivity index (χ0n) is 19.2. The van der Waals surface area contributed by atoms with Gasteiger partial charge in [-0.25, -0.2) is 9.59 Å². The zero-order chi connectivity index (χ0) is 24.0. The Morgan fingerprint density at radius 3 is 2.12 bits per heavy atom. The first-order chi connectivity index (χ1) is 15.0. The van der Waals surface area contributed by atoms with Crippen LogP contribution < -0.4 is 10.6 Å². The Kier molecular flexibility index (Phi) is 8.17. The number of anilines is 1. The van der Waals surface area contributed by atoms with E-state index in [1.165, 1.54) is 0 Å². The van der Waals surface area contributed by atoms with Crippen molar-refractivity contribution in [2.45, 2.75) is 41.5 Å². The van der Waals surface area contributed by atoms with E-state index >= 15 is 0 Å². The SMILES string of the molecule is CCOC(=O)c1c(C)[nH]c(C(=O)OCC(=O)NCC(=O)Nc2c(C)cc(C)cc2C)c1C. The maximum absolute atomic E-state index is 12.3. The van der Waals surface area contributed by atoms with E-state index in [0.717, 1.165) is 16.7 Å². The summed E-state index contributed by atoms with van der Waals surface area (Å²) in [6.07, 6.45) is 0. The highest BCUT2D eigenvalue weighted by Gasteiger charge is 2.24. The first kappa shape index (κ1) is 24.6. The quantitative estimate of drug-likeness (QED) is 0.539. The van der Waals surface area contributed by atoms with Crippen molar-refractivity contribution in [2.24, 2.45) is 0 Å². The molecule has 0 aliphatic heterocycles. The molecule has 0 radical (unpaired) electrons. The summed E-state index contributed by atoms with van der Waals surface area (Å²) >= 11 is 0. The lowest BCUT2D eigenvalue weighted by molar-refractivity contribution is -0.126. The number of carbonyl (C=O) groups excluding carboxylic acids is 4. The average Bonchev–Trinajstić information content (AvgIpc) is 3.01. The molecule has 0 atom stereocenters. The molecule has 9 heteroatoms. The lowest BCUT2D eigenvalue weighted by Crippen LogP contribution is -2.35. The molecule has 0 aliphatic carbocycles. The van der Waals surface area contributed by atoms with Crippen molar-refractivity contribution in [3.8, 4) is 0 Å². The third-order valence-corrected chi connectivity index (χ3v) is 4.84. The molecule has 0 unspecified atom stereocenters. The van der Waals surface area contributed by atoms with Crippen LogP contribution in [0.25, 0.3) is 0 Å². The van der Waals surface area contributed by atoms with Crippen LogP contribution >= 0.6 is 0 Å². The third kappa shape index (κ3) is 5.96.